The molecule has 3 aromatic rings. The number of carbonyl (C=O) groups is 1. The first-order chi connectivity index (χ1) is 11.9. The smallest absolute Gasteiger partial charge is 0.374 e. The molecule has 0 saturated heterocycles. The van der Waals surface area contributed by atoms with Crippen molar-refractivity contribution >= 4 is 27.2 Å². The van der Waals surface area contributed by atoms with Gasteiger partial charge in [0.2, 0.25) is 16.8 Å². The van der Waals surface area contributed by atoms with E-state index in [1.54, 1.807) is 19.1 Å². The maximum Gasteiger partial charge on any atom is 0.374 e. The zero-order chi connectivity index (χ0) is 18.0. The highest BCUT2D eigenvalue weighted by Crippen LogP contribution is 2.21. The van der Waals surface area contributed by atoms with Crippen LogP contribution < -0.4 is 4.72 Å². The molecule has 1 N–H and O–H groups in total. The molecule has 3 aromatic heterocycles. The molecule has 0 spiro atoms. The second-order valence-corrected chi connectivity index (χ2v) is 6.49. The van der Waals surface area contributed by atoms with Crippen molar-refractivity contribution in [2.45, 2.75) is 11.9 Å². The lowest BCUT2D eigenvalue weighted by molar-refractivity contribution is 0.0511. The number of hydrogen-bond acceptors (Lipinski definition) is 6. The van der Waals surface area contributed by atoms with Crippen molar-refractivity contribution in [2.75, 3.05) is 11.3 Å². The third-order valence-electron chi connectivity index (χ3n) is 3.21. The zero-order valence-corrected chi connectivity index (χ0v) is 13.8. The van der Waals surface area contributed by atoms with Crippen molar-refractivity contribution in [1.29, 1.82) is 0 Å². The van der Waals surface area contributed by atoms with Crippen LogP contribution in [0.15, 0.2) is 47.8 Å². The Hall–Kier alpha value is -3.01. The number of nitrogens with zero attached hydrogens (tertiary/aromatic N) is 3. The molecule has 0 aliphatic heterocycles. The summed E-state index contributed by atoms with van der Waals surface area (Å²) < 4.78 is 46.6. The van der Waals surface area contributed by atoms with Crippen LogP contribution >= 0.6 is 0 Å². The van der Waals surface area contributed by atoms with Gasteiger partial charge in [-0.3, -0.25) is 9.12 Å². The number of hydrogen-bond donors (Lipinski definition) is 1. The van der Waals surface area contributed by atoms with Crippen LogP contribution in [0.3, 0.4) is 0 Å². The van der Waals surface area contributed by atoms with Gasteiger partial charge in [-0.25, -0.2) is 14.8 Å². The molecule has 0 fully saturated rings. The summed E-state index contributed by atoms with van der Waals surface area (Å²) in [6.45, 7) is 1.76. The Balaban J connectivity index is 2.08. The Morgan fingerprint density at radius 1 is 1.32 bits per heavy atom. The zero-order valence-electron chi connectivity index (χ0n) is 13.0. The first-order valence-corrected chi connectivity index (χ1v) is 8.69. The number of nitrogens with one attached hydrogen (secondary N) is 1. The van der Waals surface area contributed by atoms with Crippen LogP contribution in [0.5, 0.6) is 0 Å². The highest BCUT2D eigenvalue weighted by Gasteiger charge is 2.26. The number of esters is 1. The van der Waals surface area contributed by atoms with E-state index in [-0.39, 0.29) is 28.7 Å². The lowest BCUT2D eigenvalue weighted by Gasteiger charge is -2.05. The van der Waals surface area contributed by atoms with Crippen molar-refractivity contribution in [1.82, 2.24) is 14.4 Å². The number of aromatic nitrogens is 3. The second-order valence-electron chi connectivity index (χ2n) is 4.89. The number of imidazole rings is 1. The van der Waals surface area contributed by atoms with Gasteiger partial charge in [0.25, 0.3) is 10.0 Å². The van der Waals surface area contributed by atoms with E-state index in [0.717, 1.165) is 12.3 Å². The molecular weight excluding hydrogens is 351 g/mol. The average molecular weight is 364 g/mol. The van der Waals surface area contributed by atoms with Crippen LogP contribution in [-0.4, -0.2) is 35.4 Å². The fourth-order valence-corrected chi connectivity index (χ4v) is 3.36. The largest absolute Gasteiger partial charge is 0.460 e. The summed E-state index contributed by atoms with van der Waals surface area (Å²) in [6, 6.07) is 7.00. The summed E-state index contributed by atoms with van der Waals surface area (Å²) in [7, 11) is -4.13. The molecule has 130 valence electrons. The second kappa shape index (κ2) is 6.48. The average Bonchev–Trinajstić information content (AvgIpc) is 2.98. The summed E-state index contributed by atoms with van der Waals surface area (Å²) in [5.74, 6) is -1.64. The number of pyridine rings is 2. The molecule has 0 aliphatic carbocycles. The molecule has 3 rings (SSSR count). The molecule has 0 aliphatic rings. The van der Waals surface area contributed by atoms with E-state index in [1.165, 1.54) is 22.7 Å². The molecule has 0 radical (unpaired) electrons. The van der Waals surface area contributed by atoms with Crippen LogP contribution in [0, 0.1) is 5.95 Å². The van der Waals surface area contributed by atoms with Gasteiger partial charge >= 0.3 is 5.97 Å². The van der Waals surface area contributed by atoms with E-state index in [1.807, 2.05) is 0 Å². The number of carbonyl (C=O) groups excluding carboxylic acids is 1. The monoisotopic (exact) mass is 364 g/mol. The molecule has 0 amide bonds. The van der Waals surface area contributed by atoms with Gasteiger partial charge in [-0.2, -0.15) is 12.8 Å². The highest BCUT2D eigenvalue weighted by atomic mass is 32.2. The number of anilines is 1. The van der Waals surface area contributed by atoms with Gasteiger partial charge in [0.1, 0.15) is 0 Å². The van der Waals surface area contributed by atoms with Gasteiger partial charge in [-0.15, -0.1) is 0 Å². The number of rotatable bonds is 5. The van der Waals surface area contributed by atoms with Gasteiger partial charge < -0.3 is 4.74 Å². The quantitative estimate of drug-likeness (QED) is 0.547. The molecule has 0 aromatic carbocycles. The molecule has 8 nitrogen and oxygen atoms in total. The van der Waals surface area contributed by atoms with Gasteiger partial charge in [0.05, 0.1) is 24.0 Å². The molecule has 0 unspecified atom stereocenters. The van der Waals surface area contributed by atoms with E-state index >= 15 is 0 Å². The Kier molecular flexibility index (Phi) is 4.36. The summed E-state index contributed by atoms with van der Waals surface area (Å²) in [5.41, 5.74) is 0.268. The maximum absolute atomic E-state index is 12.9. The Bertz CT molecular complexity index is 1030. The first-order valence-electron chi connectivity index (χ1n) is 7.21. The third-order valence-corrected chi connectivity index (χ3v) is 4.52. The topological polar surface area (TPSA) is 103 Å². The molecule has 0 atom stereocenters. The lowest BCUT2D eigenvalue weighted by atomic mass is 10.4. The van der Waals surface area contributed by atoms with Crippen LogP contribution in [-0.2, 0) is 14.8 Å². The molecule has 25 heavy (non-hydrogen) atoms. The van der Waals surface area contributed by atoms with Gasteiger partial charge in [0.15, 0.2) is 0 Å². The predicted molar refractivity (Wildman–Crippen MR) is 86.2 cm³/mol. The number of fused-ring (bicyclic) bond motifs is 1. The predicted octanol–water partition coefficient (Wildman–Crippen LogP) is 1.85. The molecule has 10 heteroatoms. The Morgan fingerprint density at radius 2 is 2.12 bits per heavy atom. The summed E-state index contributed by atoms with van der Waals surface area (Å²) in [5, 5.41) is -0.347. The van der Waals surface area contributed by atoms with Gasteiger partial charge in [-0.1, -0.05) is 6.07 Å². The SMILES string of the molecule is CCOC(=O)c1nc(S(=O)(=O)Nc2ccc(F)nc2)c2ccccn12. The Labute approximate surface area is 142 Å². The van der Waals surface area contributed by atoms with Crippen molar-refractivity contribution in [3.63, 3.8) is 0 Å². The molecule has 0 bridgehead atoms. The van der Waals surface area contributed by atoms with E-state index in [0.29, 0.717) is 0 Å². The van der Waals surface area contributed by atoms with Crippen LogP contribution in [0.2, 0.25) is 0 Å². The van der Waals surface area contributed by atoms with E-state index in [2.05, 4.69) is 14.7 Å². The molecule has 3 heterocycles. The maximum atomic E-state index is 12.9. The number of ether oxygens (including phenoxy) is 1. The standard InChI is InChI=1S/C15H13FN4O4S/c1-2-24-15(21)13-18-14(11-5-3-4-8-20(11)13)25(22,23)19-10-6-7-12(16)17-9-10/h3-9,19H,2H2,1H3. The van der Waals surface area contributed by atoms with E-state index < -0.39 is 21.9 Å². The minimum atomic E-state index is -4.13. The fourth-order valence-electron chi connectivity index (χ4n) is 2.19. The molecular formula is C15H13FN4O4S. The van der Waals surface area contributed by atoms with Crippen LogP contribution in [0.1, 0.15) is 17.5 Å². The minimum absolute atomic E-state index is 0.0659. The summed E-state index contributed by atoms with van der Waals surface area (Å²) in [6.07, 6.45) is 2.55. The van der Waals surface area contributed by atoms with Crippen molar-refractivity contribution in [3.05, 3.63) is 54.5 Å². The normalized spacial score (nSPS) is 11.4. The van der Waals surface area contributed by atoms with Crippen LogP contribution in [0.4, 0.5) is 10.1 Å². The van der Waals surface area contributed by atoms with Crippen molar-refractivity contribution in [3.8, 4) is 0 Å². The first kappa shape index (κ1) is 16.8. The number of sulfonamides is 1. The van der Waals surface area contributed by atoms with Gasteiger partial charge in [-0.05, 0) is 31.2 Å². The Morgan fingerprint density at radius 3 is 2.80 bits per heavy atom. The lowest BCUT2D eigenvalue weighted by Crippen LogP contribution is -2.14. The summed E-state index contributed by atoms with van der Waals surface area (Å²) in [4.78, 5) is 19.3. The fraction of sp³-hybridized carbons (Fsp3) is 0.133. The summed E-state index contributed by atoms with van der Waals surface area (Å²) >= 11 is 0. The minimum Gasteiger partial charge on any atom is -0.460 e. The number of halogens is 1. The molecule has 0 saturated carbocycles. The third kappa shape index (κ3) is 3.29. The van der Waals surface area contributed by atoms with Crippen molar-refractivity contribution in [2.24, 2.45) is 0 Å². The van der Waals surface area contributed by atoms with E-state index in [4.69, 9.17) is 4.74 Å². The van der Waals surface area contributed by atoms with Crippen LogP contribution in [0.25, 0.3) is 5.52 Å². The highest BCUT2D eigenvalue weighted by molar-refractivity contribution is 7.92. The van der Waals surface area contributed by atoms with E-state index in [9.17, 15) is 17.6 Å². The van der Waals surface area contributed by atoms with Crippen molar-refractivity contribution < 1.29 is 22.3 Å². The van der Waals surface area contributed by atoms with Gasteiger partial charge in [0, 0.05) is 6.20 Å².